The van der Waals surface area contributed by atoms with E-state index in [2.05, 4.69) is 27.4 Å². The molecule has 0 atom stereocenters. The highest BCUT2D eigenvalue weighted by Crippen LogP contribution is 2.22. The Balaban J connectivity index is 1.77. The summed E-state index contributed by atoms with van der Waals surface area (Å²) in [7, 11) is 0. The minimum atomic E-state index is 0.627. The van der Waals surface area contributed by atoms with Crippen molar-refractivity contribution in [1.29, 1.82) is 0 Å². The number of hydrogen-bond acceptors (Lipinski definition) is 3. The maximum atomic E-state index is 4.35. The van der Waals surface area contributed by atoms with Crippen LogP contribution in [0.3, 0.4) is 0 Å². The van der Waals surface area contributed by atoms with Crippen LogP contribution in [0.25, 0.3) is 11.0 Å². The lowest BCUT2D eigenvalue weighted by molar-refractivity contribution is 0.620. The molecule has 1 heterocycles. The molecule has 1 N–H and O–H groups in total. The molecular formula is C15H19N3. The van der Waals surface area contributed by atoms with Crippen LogP contribution in [-0.2, 0) is 0 Å². The number of rotatable bonds is 2. The Morgan fingerprint density at radius 3 is 2.39 bits per heavy atom. The van der Waals surface area contributed by atoms with Crippen LogP contribution in [0.2, 0.25) is 0 Å². The molecule has 1 aromatic heterocycles. The summed E-state index contributed by atoms with van der Waals surface area (Å²) in [6.45, 7) is 0. The first-order valence-electron chi connectivity index (χ1n) is 6.89. The Kier molecular flexibility index (Phi) is 3.40. The normalized spacial score (nSPS) is 17.6. The fourth-order valence-electron chi connectivity index (χ4n) is 2.71. The average molecular weight is 241 g/mol. The van der Waals surface area contributed by atoms with Crippen LogP contribution in [0.4, 0.5) is 5.69 Å². The van der Waals surface area contributed by atoms with Crippen molar-refractivity contribution in [3.05, 3.63) is 30.6 Å². The van der Waals surface area contributed by atoms with Crippen LogP contribution in [0.15, 0.2) is 30.6 Å². The van der Waals surface area contributed by atoms with E-state index in [0.29, 0.717) is 6.04 Å². The summed E-state index contributed by atoms with van der Waals surface area (Å²) < 4.78 is 0. The zero-order valence-corrected chi connectivity index (χ0v) is 10.6. The van der Waals surface area contributed by atoms with Gasteiger partial charge in [-0.1, -0.05) is 25.7 Å². The van der Waals surface area contributed by atoms with Gasteiger partial charge in [0.25, 0.3) is 0 Å². The van der Waals surface area contributed by atoms with Gasteiger partial charge in [0.15, 0.2) is 0 Å². The molecule has 0 bridgehead atoms. The van der Waals surface area contributed by atoms with E-state index in [9.17, 15) is 0 Å². The molecule has 3 heteroatoms. The summed E-state index contributed by atoms with van der Waals surface area (Å²) in [6, 6.07) is 6.89. The van der Waals surface area contributed by atoms with E-state index in [1.165, 1.54) is 44.2 Å². The van der Waals surface area contributed by atoms with E-state index in [-0.39, 0.29) is 0 Å². The van der Waals surface area contributed by atoms with Crippen LogP contribution in [0.5, 0.6) is 0 Å². The Morgan fingerprint density at radius 2 is 1.61 bits per heavy atom. The van der Waals surface area contributed by atoms with Gasteiger partial charge in [-0.05, 0) is 31.0 Å². The van der Waals surface area contributed by atoms with Gasteiger partial charge in [-0.3, -0.25) is 9.97 Å². The third kappa shape index (κ3) is 2.61. The Hall–Kier alpha value is -1.64. The minimum Gasteiger partial charge on any atom is -0.382 e. The van der Waals surface area contributed by atoms with Crippen LogP contribution in [0, 0.1) is 0 Å². The van der Waals surface area contributed by atoms with E-state index >= 15 is 0 Å². The van der Waals surface area contributed by atoms with Gasteiger partial charge < -0.3 is 5.32 Å². The lowest BCUT2D eigenvalue weighted by atomic mass is 10.1. The molecule has 1 aromatic carbocycles. The summed E-state index contributed by atoms with van der Waals surface area (Å²) in [5, 5.41) is 3.65. The molecule has 18 heavy (non-hydrogen) atoms. The monoisotopic (exact) mass is 241 g/mol. The van der Waals surface area contributed by atoms with Crippen LogP contribution < -0.4 is 5.32 Å². The van der Waals surface area contributed by atoms with Gasteiger partial charge in [-0.2, -0.15) is 0 Å². The number of nitrogens with zero attached hydrogens (tertiary/aromatic N) is 2. The Bertz CT molecular complexity index is 516. The predicted octanol–water partition coefficient (Wildman–Crippen LogP) is 3.76. The van der Waals surface area contributed by atoms with Crippen molar-refractivity contribution < 1.29 is 0 Å². The number of hydrogen-bond donors (Lipinski definition) is 1. The summed E-state index contributed by atoms with van der Waals surface area (Å²) >= 11 is 0. The van der Waals surface area contributed by atoms with Gasteiger partial charge in [0.05, 0.1) is 11.0 Å². The summed E-state index contributed by atoms with van der Waals surface area (Å²) in [5.41, 5.74) is 3.11. The van der Waals surface area contributed by atoms with E-state index < -0.39 is 0 Å². The molecule has 0 saturated heterocycles. The zero-order chi connectivity index (χ0) is 12.2. The summed E-state index contributed by atoms with van der Waals surface area (Å²) in [4.78, 5) is 8.64. The van der Waals surface area contributed by atoms with Gasteiger partial charge in [0.2, 0.25) is 0 Å². The van der Waals surface area contributed by atoms with Crippen LogP contribution in [0.1, 0.15) is 38.5 Å². The van der Waals surface area contributed by atoms with Crippen molar-refractivity contribution in [2.75, 3.05) is 5.32 Å². The third-order valence-corrected chi connectivity index (χ3v) is 3.70. The van der Waals surface area contributed by atoms with Crippen molar-refractivity contribution in [3.8, 4) is 0 Å². The summed E-state index contributed by atoms with van der Waals surface area (Å²) in [5.74, 6) is 0. The molecular weight excluding hydrogens is 222 g/mol. The highest BCUT2D eigenvalue weighted by molar-refractivity contribution is 5.78. The molecule has 0 unspecified atom stereocenters. The molecule has 1 saturated carbocycles. The first kappa shape index (κ1) is 11.5. The molecule has 0 aliphatic heterocycles. The van der Waals surface area contributed by atoms with Crippen molar-refractivity contribution in [2.45, 2.75) is 44.6 Å². The Morgan fingerprint density at radius 1 is 0.889 bits per heavy atom. The molecule has 2 aromatic rings. The van der Waals surface area contributed by atoms with Crippen molar-refractivity contribution in [3.63, 3.8) is 0 Å². The predicted molar refractivity (Wildman–Crippen MR) is 74.7 cm³/mol. The van der Waals surface area contributed by atoms with Crippen LogP contribution in [-0.4, -0.2) is 16.0 Å². The molecule has 3 nitrogen and oxygen atoms in total. The minimum absolute atomic E-state index is 0.627. The van der Waals surface area contributed by atoms with Crippen LogP contribution >= 0.6 is 0 Å². The SMILES string of the molecule is c1cnc2cc(NC3CCCCCC3)ccc2n1. The number of aromatic nitrogens is 2. The second-order valence-electron chi connectivity index (χ2n) is 5.09. The largest absolute Gasteiger partial charge is 0.382 e. The van der Waals surface area contributed by atoms with Crippen molar-refractivity contribution in [2.24, 2.45) is 0 Å². The fraction of sp³-hybridized carbons (Fsp3) is 0.467. The van der Waals surface area contributed by atoms with Gasteiger partial charge in [-0.25, -0.2) is 0 Å². The fourth-order valence-corrected chi connectivity index (χ4v) is 2.71. The molecule has 94 valence electrons. The second kappa shape index (κ2) is 5.34. The topological polar surface area (TPSA) is 37.8 Å². The number of anilines is 1. The molecule has 1 fully saturated rings. The van der Waals surface area contributed by atoms with Crippen molar-refractivity contribution in [1.82, 2.24) is 9.97 Å². The molecule has 1 aliphatic carbocycles. The first-order valence-corrected chi connectivity index (χ1v) is 6.89. The number of nitrogens with one attached hydrogen (secondary N) is 1. The zero-order valence-electron chi connectivity index (χ0n) is 10.6. The van der Waals surface area contributed by atoms with Gasteiger partial charge in [0.1, 0.15) is 0 Å². The second-order valence-corrected chi connectivity index (χ2v) is 5.09. The van der Waals surface area contributed by atoms with E-state index in [0.717, 1.165) is 11.0 Å². The van der Waals surface area contributed by atoms with Gasteiger partial charge in [-0.15, -0.1) is 0 Å². The standard InChI is InChI=1S/C15H19N3/c1-2-4-6-12(5-3-1)18-13-7-8-14-15(11-13)17-10-9-16-14/h7-12,18H,1-6H2. The van der Waals surface area contributed by atoms with Gasteiger partial charge >= 0.3 is 0 Å². The van der Waals surface area contributed by atoms with E-state index in [1.807, 2.05) is 6.07 Å². The molecule has 1 aliphatic rings. The lowest BCUT2D eigenvalue weighted by Crippen LogP contribution is -2.18. The van der Waals surface area contributed by atoms with E-state index in [1.54, 1.807) is 12.4 Å². The highest BCUT2D eigenvalue weighted by atomic mass is 14.9. The maximum absolute atomic E-state index is 4.35. The lowest BCUT2D eigenvalue weighted by Gasteiger charge is -2.17. The number of fused-ring (bicyclic) bond motifs is 1. The third-order valence-electron chi connectivity index (χ3n) is 3.70. The van der Waals surface area contributed by atoms with Crippen molar-refractivity contribution >= 4 is 16.7 Å². The maximum Gasteiger partial charge on any atom is 0.0907 e. The summed E-state index contributed by atoms with van der Waals surface area (Å²) in [6.07, 6.45) is 11.5. The van der Waals surface area contributed by atoms with E-state index in [4.69, 9.17) is 0 Å². The molecule has 0 spiro atoms. The first-order chi connectivity index (χ1) is 8.92. The Labute approximate surface area is 108 Å². The quantitative estimate of drug-likeness (QED) is 0.813. The van der Waals surface area contributed by atoms with Gasteiger partial charge in [0, 0.05) is 24.1 Å². The molecule has 0 amide bonds. The highest BCUT2D eigenvalue weighted by Gasteiger charge is 2.11. The smallest absolute Gasteiger partial charge is 0.0907 e. The molecule has 3 rings (SSSR count). The molecule has 0 radical (unpaired) electrons. The number of benzene rings is 1. The average Bonchev–Trinajstić information content (AvgIpc) is 2.67.